The number of sulfone groups is 1. The van der Waals surface area contributed by atoms with Crippen LogP contribution < -0.4 is 20.5 Å². The van der Waals surface area contributed by atoms with Crippen LogP contribution in [-0.2, 0) is 9.84 Å². The predicted octanol–water partition coefficient (Wildman–Crippen LogP) is 1.64. The van der Waals surface area contributed by atoms with E-state index in [4.69, 9.17) is 15.2 Å². The molecule has 0 heterocycles. The van der Waals surface area contributed by atoms with E-state index in [1.54, 1.807) is 46.1 Å². The number of methoxy groups -OCH3 is 2. The van der Waals surface area contributed by atoms with Gasteiger partial charge in [-0.05, 0) is 32.9 Å². The molecule has 1 rings (SSSR count). The third-order valence-corrected chi connectivity index (χ3v) is 5.82. The molecule has 3 N–H and O–H groups in total. The number of guanidine groups is 1. The van der Waals surface area contributed by atoms with Crippen molar-refractivity contribution >= 4 is 21.5 Å². The maximum absolute atomic E-state index is 12.0. The molecule has 0 aliphatic rings. The summed E-state index contributed by atoms with van der Waals surface area (Å²) in [5.74, 6) is 1.25. The van der Waals surface area contributed by atoms with Crippen LogP contribution in [0.1, 0.15) is 20.8 Å². The predicted molar refractivity (Wildman–Crippen MR) is 93.2 cm³/mol. The zero-order valence-corrected chi connectivity index (χ0v) is 15.0. The summed E-state index contributed by atoms with van der Waals surface area (Å²) in [6.07, 6.45) is 0. The standard InChI is InChI=1S/C15H25N3O4S/c1-15(2,3)23(19,20)9-8-17-14(16)18-11-6-7-12(21-4)13(10-11)22-5/h6-7,10H,8-9H2,1-5H3,(H3,16,17,18). The molecule has 0 amide bonds. The van der Waals surface area contributed by atoms with Gasteiger partial charge >= 0.3 is 0 Å². The quantitative estimate of drug-likeness (QED) is 0.601. The normalized spacial score (nSPS) is 12.8. The fraction of sp³-hybridized carbons (Fsp3) is 0.533. The molecule has 0 aliphatic heterocycles. The van der Waals surface area contributed by atoms with Crippen LogP contribution in [0.3, 0.4) is 0 Å². The van der Waals surface area contributed by atoms with Gasteiger partial charge in [0.25, 0.3) is 0 Å². The van der Waals surface area contributed by atoms with Gasteiger partial charge in [-0.1, -0.05) is 0 Å². The second kappa shape index (κ2) is 7.54. The van der Waals surface area contributed by atoms with E-state index in [-0.39, 0.29) is 18.3 Å². The molecule has 0 bridgehead atoms. The molecule has 0 saturated carbocycles. The Morgan fingerprint density at radius 3 is 2.35 bits per heavy atom. The minimum Gasteiger partial charge on any atom is -0.493 e. The second-order valence-corrected chi connectivity index (χ2v) is 8.76. The molecular weight excluding hydrogens is 318 g/mol. The molecule has 0 spiro atoms. The first-order valence-corrected chi connectivity index (χ1v) is 8.77. The van der Waals surface area contributed by atoms with E-state index in [1.807, 2.05) is 0 Å². The zero-order valence-electron chi connectivity index (χ0n) is 14.2. The highest BCUT2D eigenvalue weighted by Crippen LogP contribution is 2.29. The van der Waals surface area contributed by atoms with E-state index in [0.717, 1.165) is 0 Å². The third-order valence-electron chi connectivity index (χ3n) is 3.23. The molecule has 0 aromatic heterocycles. The van der Waals surface area contributed by atoms with E-state index in [1.165, 1.54) is 7.11 Å². The lowest BCUT2D eigenvalue weighted by atomic mass is 10.3. The lowest BCUT2D eigenvalue weighted by Gasteiger charge is -2.18. The van der Waals surface area contributed by atoms with Crippen molar-refractivity contribution in [1.82, 2.24) is 0 Å². The van der Waals surface area contributed by atoms with E-state index in [9.17, 15) is 8.42 Å². The number of ether oxygens (including phenoxy) is 2. The number of anilines is 1. The summed E-state index contributed by atoms with van der Waals surface area (Å²) >= 11 is 0. The highest BCUT2D eigenvalue weighted by atomic mass is 32.2. The van der Waals surface area contributed by atoms with Gasteiger partial charge in [0.2, 0.25) is 0 Å². The van der Waals surface area contributed by atoms with Gasteiger partial charge in [-0.15, -0.1) is 0 Å². The van der Waals surface area contributed by atoms with Gasteiger partial charge in [0.05, 0.1) is 31.3 Å². The largest absolute Gasteiger partial charge is 0.493 e. The number of aliphatic imine (C=N–C) groups is 1. The Hall–Kier alpha value is -1.96. The molecule has 0 aliphatic carbocycles. The van der Waals surface area contributed by atoms with Crippen LogP contribution in [0.4, 0.5) is 5.69 Å². The number of hydrogen-bond acceptors (Lipinski definition) is 5. The van der Waals surface area contributed by atoms with Crippen molar-refractivity contribution in [3.05, 3.63) is 18.2 Å². The Kier molecular flexibility index (Phi) is 6.26. The molecule has 0 saturated heterocycles. The van der Waals surface area contributed by atoms with Crippen LogP contribution in [0, 0.1) is 0 Å². The van der Waals surface area contributed by atoms with Gasteiger partial charge in [-0.2, -0.15) is 0 Å². The smallest absolute Gasteiger partial charge is 0.193 e. The lowest BCUT2D eigenvalue weighted by Crippen LogP contribution is -2.32. The second-order valence-electron chi connectivity index (χ2n) is 5.89. The molecule has 8 heteroatoms. The highest BCUT2D eigenvalue weighted by Gasteiger charge is 2.28. The summed E-state index contributed by atoms with van der Waals surface area (Å²) in [5, 5.41) is 2.89. The number of rotatable bonds is 6. The number of hydrogen-bond donors (Lipinski definition) is 2. The van der Waals surface area contributed by atoms with Crippen molar-refractivity contribution in [3.8, 4) is 11.5 Å². The number of benzene rings is 1. The summed E-state index contributed by atoms with van der Waals surface area (Å²) in [4.78, 5) is 4.05. The van der Waals surface area contributed by atoms with Crippen molar-refractivity contribution in [2.24, 2.45) is 10.7 Å². The van der Waals surface area contributed by atoms with Gasteiger partial charge in [0, 0.05) is 11.8 Å². The van der Waals surface area contributed by atoms with Gasteiger partial charge in [-0.3, -0.25) is 4.99 Å². The van der Waals surface area contributed by atoms with Gasteiger partial charge in [0.1, 0.15) is 0 Å². The third kappa shape index (κ3) is 5.31. The highest BCUT2D eigenvalue weighted by molar-refractivity contribution is 7.92. The van der Waals surface area contributed by atoms with Gasteiger partial charge < -0.3 is 20.5 Å². The number of nitrogens with two attached hydrogens (primary N) is 1. The Labute approximate surface area is 137 Å². The zero-order chi connectivity index (χ0) is 17.7. The molecule has 0 unspecified atom stereocenters. The van der Waals surface area contributed by atoms with Crippen LogP contribution >= 0.6 is 0 Å². The fourth-order valence-corrected chi connectivity index (χ4v) is 2.64. The molecule has 0 atom stereocenters. The molecule has 0 fully saturated rings. The summed E-state index contributed by atoms with van der Waals surface area (Å²) in [7, 11) is -0.123. The van der Waals surface area contributed by atoms with Crippen molar-refractivity contribution in [2.75, 3.05) is 31.8 Å². The van der Waals surface area contributed by atoms with Crippen LogP contribution in [0.2, 0.25) is 0 Å². The van der Waals surface area contributed by atoms with E-state index < -0.39 is 14.6 Å². The first-order chi connectivity index (χ1) is 10.6. The average Bonchev–Trinajstić information content (AvgIpc) is 2.45. The van der Waals surface area contributed by atoms with E-state index in [2.05, 4.69) is 10.3 Å². The summed E-state index contributed by atoms with van der Waals surface area (Å²) in [6, 6.07) is 5.21. The van der Waals surface area contributed by atoms with Crippen LogP contribution in [0.25, 0.3) is 0 Å². The average molecular weight is 343 g/mol. The van der Waals surface area contributed by atoms with Crippen LogP contribution in [0.15, 0.2) is 23.2 Å². The monoisotopic (exact) mass is 343 g/mol. The first kappa shape index (κ1) is 19.1. The number of nitrogens with one attached hydrogen (secondary N) is 1. The van der Waals surface area contributed by atoms with Gasteiger partial charge in [0.15, 0.2) is 27.3 Å². The SMILES string of the molecule is COc1ccc(NC(N)=NCCS(=O)(=O)C(C)(C)C)cc1OC. The summed E-state index contributed by atoms with van der Waals surface area (Å²) in [5.41, 5.74) is 6.45. The van der Waals surface area contributed by atoms with Gasteiger partial charge in [-0.25, -0.2) is 8.42 Å². The fourth-order valence-electron chi connectivity index (χ4n) is 1.69. The molecule has 23 heavy (non-hydrogen) atoms. The van der Waals surface area contributed by atoms with Crippen molar-refractivity contribution in [2.45, 2.75) is 25.5 Å². The van der Waals surface area contributed by atoms with E-state index >= 15 is 0 Å². The maximum Gasteiger partial charge on any atom is 0.193 e. The Morgan fingerprint density at radius 1 is 1.22 bits per heavy atom. The maximum atomic E-state index is 12.0. The first-order valence-electron chi connectivity index (χ1n) is 7.12. The summed E-state index contributed by atoms with van der Waals surface area (Å²) < 4.78 is 33.5. The molecular formula is C15H25N3O4S. The number of nitrogens with zero attached hydrogens (tertiary/aromatic N) is 1. The van der Waals surface area contributed by atoms with Crippen molar-refractivity contribution < 1.29 is 17.9 Å². The Morgan fingerprint density at radius 2 is 1.83 bits per heavy atom. The summed E-state index contributed by atoms with van der Waals surface area (Å²) in [6.45, 7) is 5.09. The lowest BCUT2D eigenvalue weighted by molar-refractivity contribution is 0.355. The molecule has 1 aromatic carbocycles. The Bertz CT molecular complexity index is 664. The molecule has 130 valence electrons. The topological polar surface area (TPSA) is 103 Å². The van der Waals surface area contributed by atoms with Crippen molar-refractivity contribution in [3.63, 3.8) is 0 Å². The van der Waals surface area contributed by atoms with Crippen LogP contribution in [-0.4, -0.2) is 45.6 Å². The Balaban J connectivity index is 2.71. The molecule has 0 radical (unpaired) electrons. The van der Waals surface area contributed by atoms with Crippen molar-refractivity contribution in [1.29, 1.82) is 0 Å². The molecule has 1 aromatic rings. The van der Waals surface area contributed by atoms with Crippen LogP contribution in [0.5, 0.6) is 11.5 Å². The minimum atomic E-state index is -3.21. The van der Waals surface area contributed by atoms with E-state index in [0.29, 0.717) is 17.2 Å². The molecule has 7 nitrogen and oxygen atoms in total. The minimum absolute atomic E-state index is 0.0508.